The first-order chi connectivity index (χ1) is 9.74. The van der Waals surface area contributed by atoms with Crippen molar-refractivity contribution in [3.63, 3.8) is 0 Å². The maximum Gasteiger partial charge on any atom is 0.335 e. The summed E-state index contributed by atoms with van der Waals surface area (Å²) in [5.41, 5.74) is 2.32. The summed E-state index contributed by atoms with van der Waals surface area (Å²) >= 11 is 0. The number of nitrogens with zero attached hydrogens (tertiary/aromatic N) is 2. The topological polar surface area (TPSA) is 55.1 Å². The number of hydrogen-bond acceptors (Lipinski definition) is 2. The van der Waals surface area contributed by atoms with Crippen molar-refractivity contribution in [3.8, 4) is 0 Å². The van der Waals surface area contributed by atoms with Crippen LogP contribution < -0.4 is 0 Å². The predicted molar refractivity (Wildman–Crippen MR) is 76.2 cm³/mol. The average molecular weight is 270 g/mol. The Morgan fingerprint density at radius 2 is 1.95 bits per heavy atom. The van der Waals surface area contributed by atoms with Crippen molar-refractivity contribution in [1.82, 2.24) is 9.55 Å². The summed E-state index contributed by atoms with van der Waals surface area (Å²) in [5.74, 6) is 0.921. The van der Waals surface area contributed by atoms with Crippen molar-refractivity contribution in [3.05, 3.63) is 29.6 Å². The molecule has 1 aromatic carbocycles. The molecule has 0 spiro atoms. The van der Waals surface area contributed by atoms with Gasteiger partial charge in [-0.25, -0.2) is 9.78 Å². The van der Waals surface area contributed by atoms with E-state index in [1.54, 1.807) is 12.1 Å². The zero-order chi connectivity index (χ0) is 13.7. The Morgan fingerprint density at radius 1 is 1.20 bits per heavy atom. The number of aromatic nitrogens is 2. The molecular weight excluding hydrogens is 252 g/mol. The van der Waals surface area contributed by atoms with Crippen molar-refractivity contribution in [1.29, 1.82) is 0 Å². The van der Waals surface area contributed by atoms with Crippen LogP contribution in [0.25, 0.3) is 11.0 Å². The van der Waals surface area contributed by atoms with E-state index in [0.717, 1.165) is 11.0 Å². The standard InChI is InChI=1S/C16H18N2O2/c19-16(20)11-7-8-13-14(9-11)18(12-3-1-2-4-12)15(17-13)10-5-6-10/h7-10,12H,1-6H2,(H,19,20). The summed E-state index contributed by atoms with van der Waals surface area (Å²) in [6, 6.07) is 5.83. The number of imidazole rings is 1. The third-order valence-corrected chi connectivity index (χ3v) is 4.60. The molecule has 0 amide bonds. The van der Waals surface area contributed by atoms with Gasteiger partial charge in [-0.15, -0.1) is 0 Å². The van der Waals surface area contributed by atoms with Gasteiger partial charge in [-0.2, -0.15) is 0 Å². The molecular formula is C16H18N2O2. The molecule has 1 aromatic heterocycles. The molecule has 4 rings (SSSR count). The van der Waals surface area contributed by atoms with Gasteiger partial charge in [-0.05, 0) is 43.9 Å². The zero-order valence-electron chi connectivity index (χ0n) is 11.4. The number of aromatic carboxylic acids is 1. The van der Waals surface area contributed by atoms with E-state index in [4.69, 9.17) is 4.98 Å². The summed E-state index contributed by atoms with van der Waals surface area (Å²) in [6.07, 6.45) is 7.38. The van der Waals surface area contributed by atoms with Crippen molar-refractivity contribution in [2.45, 2.75) is 50.5 Å². The van der Waals surface area contributed by atoms with Gasteiger partial charge in [0.05, 0.1) is 16.6 Å². The summed E-state index contributed by atoms with van der Waals surface area (Å²) in [4.78, 5) is 16.0. The van der Waals surface area contributed by atoms with E-state index < -0.39 is 5.97 Å². The third-order valence-electron chi connectivity index (χ3n) is 4.60. The average Bonchev–Trinajstić information content (AvgIpc) is 3.01. The molecule has 0 aliphatic heterocycles. The first-order valence-electron chi connectivity index (χ1n) is 7.49. The Labute approximate surface area is 117 Å². The van der Waals surface area contributed by atoms with E-state index in [9.17, 15) is 9.90 Å². The molecule has 20 heavy (non-hydrogen) atoms. The van der Waals surface area contributed by atoms with Crippen LogP contribution in [0.15, 0.2) is 18.2 Å². The zero-order valence-corrected chi connectivity index (χ0v) is 11.4. The first kappa shape index (κ1) is 11.9. The molecule has 2 aliphatic rings. The minimum absolute atomic E-state index is 0.360. The highest BCUT2D eigenvalue weighted by Crippen LogP contribution is 2.44. The molecule has 0 atom stereocenters. The molecule has 2 aliphatic carbocycles. The summed E-state index contributed by atoms with van der Waals surface area (Å²) in [6.45, 7) is 0. The quantitative estimate of drug-likeness (QED) is 0.924. The van der Waals surface area contributed by atoms with Crippen molar-refractivity contribution < 1.29 is 9.90 Å². The second-order valence-corrected chi connectivity index (χ2v) is 6.06. The van der Waals surface area contributed by atoms with Gasteiger partial charge in [0.25, 0.3) is 0 Å². The first-order valence-corrected chi connectivity index (χ1v) is 7.49. The number of hydrogen-bond donors (Lipinski definition) is 1. The molecule has 4 nitrogen and oxygen atoms in total. The number of fused-ring (bicyclic) bond motifs is 1. The Bertz CT molecular complexity index is 679. The molecule has 104 valence electrons. The third kappa shape index (κ3) is 1.82. The van der Waals surface area contributed by atoms with Gasteiger partial charge in [-0.3, -0.25) is 0 Å². The molecule has 0 radical (unpaired) electrons. The fourth-order valence-corrected chi connectivity index (χ4v) is 3.42. The fraction of sp³-hybridized carbons (Fsp3) is 0.500. The Balaban J connectivity index is 1.92. The number of rotatable bonds is 3. The van der Waals surface area contributed by atoms with E-state index in [1.807, 2.05) is 6.07 Å². The molecule has 2 saturated carbocycles. The van der Waals surface area contributed by atoms with Gasteiger partial charge < -0.3 is 9.67 Å². The normalized spacial score (nSPS) is 19.8. The lowest BCUT2D eigenvalue weighted by molar-refractivity contribution is 0.0697. The van der Waals surface area contributed by atoms with E-state index in [1.165, 1.54) is 44.3 Å². The molecule has 1 heterocycles. The Morgan fingerprint density at radius 3 is 2.60 bits per heavy atom. The van der Waals surface area contributed by atoms with Gasteiger partial charge in [0.1, 0.15) is 5.82 Å². The number of carbonyl (C=O) groups is 1. The highest BCUT2D eigenvalue weighted by molar-refractivity contribution is 5.92. The minimum atomic E-state index is -0.862. The highest BCUT2D eigenvalue weighted by Gasteiger charge is 2.32. The Kier molecular flexibility index (Phi) is 2.59. The summed E-state index contributed by atoms with van der Waals surface area (Å²) < 4.78 is 2.35. The predicted octanol–water partition coefficient (Wildman–Crippen LogP) is 3.73. The molecule has 0 unspecified atom stereocenters. The van der Waals surface area contributed by atoms with E-state index in [-0.39, 0.29) is 0 Å². The van der Waals surface area contributed by atoms with Crippen LogP contribution in [0.4, 0.5) is 0 Å². The summed E-state index contributed by atoms with van der Waals surface area (Å²) in [5, 5.41) is 9.20. The highest BCUT2D eigenvalue weighted by atomic mass is 16.4. The van der Waals surface area contributed by atoms with Gasteiger partial charge >= 0.3 is 5.97 Å². The van der Waals surface area contributed by atoms with Crippen LogP contribution in [0.3, 0.4) is 0 Å². The second-order valence-electron chi connectivity index (χ2n) is 6.06. The number of carboxylic acids is 1. The van der Waals surface area contributed by atoms with Gasteiger partial charge in [0, 0.05) is 12.0 Å². The van der Waals surface area contributed by atoms with Gasteiger partial charge in [-0.1, -0.05) is 12.8 Å². The SMILES string of the molecule is O=C(O)c1ccc2nc(C3CC3)n(C3CCCC3)c2c1. The second kappa shape index (κ2) is 4.33. The van der Waals surface area contributed by atoms with Crippen molar-refractivity contribution in [2.75, 3.05) is 0 Å². The largest absolute Gasteiger partial charge is 0.478 e. The van der Waals surface area contributed by atoms with Crippen LogP contribution in [-0.4, -0.2) is 20.6 Å². The molecule has 1 N–H and O–H groups in total. The van der Waals surface area contributed by atoms with Crippen molar-refractivity contribution in [2.24, 2.45) is 0 Å². The van der Waals surface area contributed by atoms with E-state index in [0.29, 0.717) is 17.5 Å². The maximum atomic E-state index is 11.2. The molecule has 0 saturated heterocycles. The van der Waals surface area contributed by atoms with E-state index >= 15 is 0 Å². The smallest absolute Gasteiger partial charge is 0.335 e. The van der Waals surface area contributed by atoms with Crippen LogP contribution in [-0.2, 0) is 0 Å². The van der Waals surface area contributed by atoms with Gasteiger partial charge in [0.15, 0.2) is 0 Å². The maximum absolute atomic E-state index is 11.2. The lowest BCUT2D eigenvalue weighted by Crippen LogP contribution is -2.09. The van der Waals surface area contributed by atoms with Crippen LogP contribution >= 0.6 is 0 Å². The Hall–Kier alpha value is -1.84. The van der Waals surface area contributed by atoms with Crippen LogP contribution in [0.1, 0.15) is 66.7 Å². The number of benzene rings is 1. The molecule has 4 heteroatoms. The molecule has 2 fully saturated rings. The lowest BCUT2D eigenvalue weighted by atomic mass is 10.1. The van der Waals surface area contributed by atoms with Crippen LogP contribution in [0, 0.1) is 0 Å². The fourth-order valence-electron chi connectivity index (χ4n) is 3.42. The van der Waals surface area contributed by atoms with E-state index in [2.05, 4.69) is 4.57 Å². The molecule has 2 aromatic rings. The molecule has 0 bridgehead atoms. The number of carboxylic acid groups (broad SMARTS) is 1. The van der Waals surface area contributed by atoms with Crippen LogP contribution in [0.5, 0.6) is 0 Å². The lowest BCUT2D eigenvalue weighted by Gasteiger charge is -2.16. The summed E-state index contributed by atoms with van der Waals surface area (Å²) in [7, 11) is 0. The monoisotopic (exact) mass is 270 g/mol. The minimum Gasteiger partial charge on any atom is -0.478 e. The van der Waals surface area contributed by atoms with Gasteiger partial charge in [0.2, 0.25) is 0 Å². The van der Waals surface area contributed by atoms with Crippen molar-refractivity contribution >= 4 is 17.0 Å². The van der Waals surface area contributed by atoms with Crippen LogP contribution in [0.2, 0.25) is 0 Å².